The smallest absolute Gasteiger partial charge is 0.257 e. The first-order chi connectivity index (χ1) is 14.1. The Morgan fingerprint density at radius 1 is 1.24 bits per heavy atom. The van der Waals surface area contributed by atoms with E-state index in [4.69, 9.17) is 9.26 Å². The molecule has 1 aliphatic rings. The molecule has 0 bridgehead atoms. The minimum atomic E-state index is -0.372. The Morgan fingerprint density at radius 3 is 2.83 bits per heavy atom. The van der Waals surface area contributed by atoms with Crippen molar-refractivity contribution in [3.8, 4) is 17.2 Å². The van der Waals surface area contributed by atoms with Crippen LogP contribution in [0.3, 0.4) is 0 Å². The van der Waals surface area contributed by atoms with Gasteiger partial charge in [0.2, 0.25) is 5.91 Å². The van der Waals surface area contributed by atoms with Gasteiger partial charge in [0.1, 0.15) is 11.6 Å². The molecule has 0 saturated carbocycles. The number of unbranched alkanes of at least 4 members (excludes halogenated alkanes) is 1. The van der Waals surface area contributed by atoms with Crippen molar-refractivity contribution >= 4 is 11.6 Å². The molecular formula is C22H22FN3O3. The van der Waals surface area contributed by atoms with Gasteiger partial charge in [0, 0.05) is 30.1 Å². The van der Waals surface area contributed by atoms with Crippen molar-refractivity contribution in [3.63, 3.8) is 0 Å². The van der Waals surface area contributed by atoms with Gasteiger partial charge in [-0.05, 0) is 48.9 Å². The van der Waals surface area contributed by atoms with Crippen LogP contribution in [0.2, 0.25) is 0 Å². The number of anilines is 1. The molecule has 29 heavy (non-hydrogen) atoms. The quantitative estimate of drug-likeness (QED) is 0.548. The Kier molecular flexibility index (Phi) is 5.55. The monoisotopic (exact) mass is 395 g/mol. The Hall–Kier alpha value is -3.22. The molecule has 0 radical (unpaired) electrons. The molecule has 1 aromatic heterocycles. The molecular weight excluding hydrogens is 373 g/mol. The van der Waals surface area contributed by atoms with Crippen LogP contribution in [0.1, 0.15) is 37.9 Å². The number of halogens is 1. The number of carbonyl (C=O) groups excluding carboxylic acids is 1. The van der Waals surface area contributed by atoms with Crippen LogP contribution in [0.15, 0.2) is 53.1 Å². The zero-order chi connectivity index (χ0) is 20.2. The summed E-state index contributed by atoms with van der Waals surface area (Å²) in [6.45, 7) is 3.21. The highest BCUT2D eigenvalue weighted by Crippen LogP contribution is 2.32. The predicted molar refractivity (Wildman–Crippen MR) is 106 cm³/mol. The van der Waals surface area contributed by atoms with Crippen molar-refractivity contribution in [2.45, 2.75) is 32.1 Å². The normalized spacial score (nSPS) is 16.4. The maximum absolute atomic E-state index is 13.5. The fraction of sp³-hybridized carbons (Fsp3) is 0.318. The second kappa shape index (κ2) is 8.43. The van der Waals surface area contributed by atoms with Crippen molar-refractivity contribution in [1.82, 2.24) is 10.1 Å². The van der Waals surface area contributed by atoms with Gasteiger partial charge in [-0.25, -0.2) is 4.39 Å². The van der Waals surface area contributed by atoms with E-state index in [1.54, 1.807) is 17.0 Å². The second-order valence-electron chi connectivity index (χ2n) is 7.07. The number of hydrogen-bond donors (Lipinski definition) is 0. The summed E-state index contributed by atoms with van der Waals surface area (Å²) in [5.74, 6) is 1.03. The minimum absolute atomic E-state index is 0.0828. The van der Waals surface area contributed by atoms with Crippen LogP contribution in [0, 0.1) is 5.82 Å². The van der Waals surface area contributed by atoms with Gasteiger partial charge in [-0.2, -0.15) is 4.98 Å². The number of benzene rings is 2. The Morgan fingerprint density at radius 2 is 2.07 bits per heavy atom. The molecule has 1 saturated heterocycles. The predicted octanol–water partition coefficient (Wildman–Crippen LogP) is 4.58. The van der Waals surface area contributed by atoms with E-state index in [1.807, 2.05) is 24.3 Å². The van der Waals surface area contributed by atoms with Gasteiger partial charge in [0.05, 0.1) is 6.61 Å². The maximum atomic E-state index is 13.5. The van der Waals surface area contributed by atoms with Crippen LogP contribution >= 0.6 is 0 Å². The van der Waals surface area contributed by atoms with Gasteiger partial charge in [-0.3, -0.25) is 4.79 Å². The number of ether oxygens (including phenoxy) is 1. The van der Waals surface area contributed by atoms with Crippen LogP contribution in [-0.2, 0) is 4.79 Å². The standard InChI is InChI=1S/C22H22FN3O3/c1-2-3-11-28-19-9-7-15(8-10-19)22-24-21(25-29-22)16-12-20(27)26(14-16)18-6-4-5-17(23)13-18/h4-10,13,16H,2-3,11-12,14H2,1H3. The van der Waals surface area contributed by atoms with Crippen LogP contribution in [0.4, 0.5) is 10.1 Å². The van der Waals surface area contributed by atoms with Gasteiger partial charge in [0.25, 0.3) is 5.89 Å². The van der Waals surface area contributed by atoms with E-state index in [9.17, 15) is 9.18 Å². The van der Waals surface area contributed by atoms with E-state index in [-0.39, 0.29) is 24.1 Å². The van der Waals surface area contributed by atoms with Crippen molar-refractivity contribution < 1.29 is 18.4 Å². The number of rotatable bonds is 7. The second-order valence-corrected chi connectivity index (χ2v) is 7.07. The average Bonchev–Trinajstić information content (AvgIpc) is 3.36. The summed E-state index contributed by atoms with van der Waals surface area (Å²) < 4.78 is 24.6. The number of carbonyl (C=O) groups is 1. The summed E-state index contributed by atoms with van der Waals surface area (Å²) in [5.41, 5.74) is 1.33. The first-order valence-corrected chi connectivity index (χ1v) is 9.77. The van der Waals surface area contributed by atoms with Crippen LogP contribution in [-0.4, -0.2) is 29.2 Å². The maximum Gasteiger partial charge on any atom is 0.257 e. The Bertz CT molecular complexity index is 987. The molecule has 3 aromatic rings. The van der Waals surface area contributed by atoms with Crippen LogP contribution in [0.5, 0.6) is 5.75 Å². The molecule has 7 heteroatoms. The number of hydrogen-bond acceptors (Lipinski definition) is 5. The lowest BCUT2D eigenvalue weighted by Crippen LogP contribution is -2.24. The third-order valence-electron chi connectivity index (χ3n) is 4.92. The van der Waals surface area contributed by atoms with Gasteiger partial charge in [-0.15, -0.1) is 0 Å². The number of aromatic nitrogens is 2. The van der Waals surface area contributed by atoms with E-state index < -0.39 is 0 Å². The number of amides is 1. The zero-order valence-corrected chi connectivity index (χ0v) is 16.2. The van der Waals surface area contributed by atoms with E-state index >= 15 is 0 Å². The summed E-state index contributed by atoms with van der Waals surface area (Å²) in [7, 11) is 0. The minimum Gasteiger partial charge on any atom is -0.494 e. The first-order valence-electron chi connectivity index (χ1n) is 9.77. The largest absolute Gasteiger partial charge is 0.494 e. The van der Waals surface area contributed by atoms with Crippen LogP contribution in [0.25, 0.3) is 11.5 Å². The van der Waals surface area contributed by atoms with Crippen molar-refractivity contribution in [1.29, 1.82) is 0 Å². The number of nitrogens with zero attached hydrogens (tertiary/aromatic N) is 3. The topological polar surface area (TPSA) is 68.5 Å². The highest BCUT2D eigenvalue weighted by atomic mass is 19.1. The third-order valence-corrected chi connectivity index (χ3v) is 4.92. The lowest BCUT2D eigenvalue weighted by molar-refractivity contribution is -0.117. The van der Waals surface area contributed by atoms with E-state index in [2.05, 4.69) is 17.1 Å². The fourth-order valence-electron chi connectivity index (χ4n) is 3.32. The summed E-state index contributed by atoms with van der Waals surface area (Å²) in [6.07, 6.45) is 2.37. The molecule has 4 rings (SSSR count). The molecule has 1 aliphatic heterocycles. The molecule has 1 fully saturated rings. The molecule has 0 aliphatic carbocycles. The van der Waals surface area contributed by atoms with Crippen molar-refractivity contribution in [3.05, 3.63) is 60.2 Å². The van der Waals surface area contributed by atoms with E-state index in [0.717, 1.165) is 24.2 Å². The lowest BCUT2D eigenvalue weighted by Gasteiger charge is -2.15. The summed E-state index contributed by atoms with van der Waals surface area (Å²) in [6, 6.07) is 13.5. The summed E-state index contributed by atoms with van der Waals surface area (Å²) in [4.78, 5) is 18.4. The molecule has 2 aromatic carbocycles. The molecule has 1 atom stereocenters. The molecule has 6 nitrogen and oxygen atoms in total. The average molecular weight is 395 g/mol. The summed E-state index contributed by atoms with van der Waals surface area (Å²) >= 11 is 0. The van der Waals surface area contributed by atoms with Gasteiger partial charge in [0.15, 0.2) is 5.82 Å². The fourth-order valence-corrected chi connectivity index (χ4v) is 3.32. The zero-order valence-electron chi connectivity index (χ0n) is 16.2. The van der Waals surface area contributed by atoms with Crippen molar-refractivity contribution in [2.75, 3.05) is 18.1 Å². The molecule has 1 amide bonds. The van der Waals surface area contributed by atoms with Gasteiger partial charge >= 0.3 is 0 Å². The molecule has 0 N–H and O–H groups in total. The SMILES string of the molecule is CCCCOc1ccc(-c2nc(C3CC(=O)N(c4cccc(F)c4)C3)no2)cc1. The molecule has 2 heterocycles. The highest BCUT2D eigenvalue weighted by Gasteiger charge is 2.34. The van der Waals surface area contributed by atoms with Crippen molar-refractivity contribution in [2.24, 2.45) is 0 Å². The first kappa shape index (κ1) is 19.1. The van der Waals surface area contributed by atoms with E-state index in [0.29, 0.717) is 30.6 Å². The Balaban J connectivity index is 1.44. The van der Waals surface area contributed by atoms with Crippen LogP contribution < -0.4 is 9.64 Å². The summed E-state index contributed by atoms with van der Waals surface area (Å²) in [5, 5.41) is 4.07. The lowest BCUT2D eigenvalue weighted by atomic mass is 10.1. The third kappa shape index (κ3) is 4.29. The molecule has 1 unspecified atom stereocenters. The van der Waals surface area contributed by atoms with Gasteiger partial charge in [-0.1, -0.05) is 24.6 Å². The molecule has 150 valence electrons. The molecule has 0 spiro atoms. The van der Waals surface area contributed by atoms with Gasteiger partial charge < -0.3 is 14.2 Å². The highest BCUT2D eigenvalue weighted by molar-refractivity contribution is 5.96. The van der Waals surface area contributed by atoms with E-state index in [1.165, 1.54) is 12.1 Å². The Labute approximate surface area is 168 Å².